The van der Waals surface area contributed by atoms with E-state index in [2.05, 4.69) is 5.32 Å². The molecule has 0 atom stereocenters. The van der Waals surface area contributed by atoms with E-state index in [1.807, 2.05) is 0 Å². The van der Waals surface area contributed by atoms with Crippen LogP contribution in [0.1, 0.15) is 5.56 Å². The van der Waals surface area contributed by atoms with Gasteiger partial charge in [0.05, 0.1) is 22.7 Å². The van der Waals surface area contributed by atoms with Gasteiger partial charge in [0.2, 0.25) is 0 Å². The van der Waals surface area contributed by atoms with E-state index < -0.39 is 22.4 Å². The van der Waals surface area contributed by atoms with Gasteiger partial charge in [0.25, 0.3) is 0 Å². The number of para-hydroxylation sites is 1. The van der Waals surface area contributed by atoms with Gasteiger partial charge in [-0.15, -0.1) is 0 Å². The highest BCUT2D eigenvalue weighted by Crippen LogP contribution is 2.41. The third-order valence-corrected chi connectivity index (χ3v) is 3.30. The Labute approximate surface area is 133 Å². The molecular weight excluding hydrogens is 337 g/mol. The number of ether oxygens (including phenoxy) is 1. The molecule has 0 radical (unpaired) electrons. The molecule has 0 amide bonds. The summed E-state index contributed by atoms with van der Waals surface area (Å²) in [5.41, 5.74) is -2.54. The van der Waals surface area contributed by atoms with Gasteiger partial charge in [-0.3, -0.25) is 10.1 Å². The van der Waals surface area contributed by atoms with Crippen LogP contribution in [0.3, 0.4) is 0 Å². The summed E-state index contributed by atoms with van der Waals surface area (Å²) in [5, 5.41) is 13.8. The molecule has 2 rings (SSSR count). The molecule has 23 heavy (non-hydrogen) atoms. The number of benzene rings is 2. The number of rotatable bonds is 4. The quantitative estimate of drug-likeness (QED) is 0.623. The molecule has 0 heterocycles. The van der Waals surface area contributed by atoms with Crippen molar-refractivity contribution in [1.29, 1.82) is 0 Å². The van der Waals surface area contributed by atoms with E-state index >= 15 is 0 Å². The number of methoxy groups -OCH3 is 1. The van der Waals surface area contributed by atoms with E-state index in [0.29, 0.717) is 11.8 Å². The Kier molecular flexibility index (Phi) is 4.65. The van der Waals surface area contributed by atoms with Gasteiger partial charge in [0, 0.05) is 6.07 Å². The molecule has 122 valence electrons. The zero-order valence-corrected chi connectivity index (χ0v) is 12.4. The van der Waals surface area contributed by atoms with Crippen LogP contribution < -0.4 is 10.1 Å². The van der Waals surface area contributed by atoms with Crippen molar-refractivity contribution in [2.45, 2.75) is 6.18 Å². The molecule has 0 aromatic heterocycles. The van der Waals surface area contributed by atoms with Crippen LogP contribution in [-0.2, 0) is 6.18 Å². The van der Waals surface area contributed by atoms with E-state index in [-0.39, 0.29) is 16.4 Å². The van der Waals surface area contributed by atoms with Gasteiger partial charge in [0.1, 0.15) is 17.0 Å². The molecule has 0 aliphatic heterocycles. The molecule has 0 saturated carbocycles. The van der Waals surface area contributed by atoms with Crippen LogP contribution in [0.4, 0.5) is 30.2 Å². The first kappa shape index (κ1) is 16.9. The average Bonchev–Trinajstić information content (AvgIpc) is 2.48. The number of nitrogens with one attached hydrogen (secondary N) is 1. The summed E-state index contributed by atoms with van der Waals surface area (Å²) in [6, 6.07) is 7.33. The second-order valence-corrected chi connectivity index (χ2v) is 4.83. The van der Waals surface area contributed by atoms with Gasteiger partial charge in [-0.25, -0.2) is 0 Å². The van der Waals surface area contributed by atoms with Crippen molar-refractivity contribution < 1.29 is 22.8 Å². The number of nitro benzene ring substituents is 1. The average molecular weight is 347 g/mol. The maximum absolute atomic E-state index is 12.9. The van der Waals surface area contributed by atoms with Crippen molar-refractivity contribution in [1.82, 2.24) is 0 Å². The van der Waals surface area contributed by atoms with Crippen molar-refractivity contribution in [3.8, 4) is 5.75 Å². The Morgan fingerprint density at radius 3 is 2.48 bits per heavy atom. The van der Waals surface area contributed by atoms with Crippen LogP contribution >= 0.6 is 11.6 Å². The topological polar surface area (TPSA) is 64.4 Å². The van der Waals surface area contributed by atoms with Crippen molar-refractivity contribution >= 4 is 28.7 Å². The third kappa shape index (κ3) is 3.65. The minimum atomic E-state index is -4.85. The second-order valence-electron chi connectivity index (χ2n) is 4.43. The normalized spacial score (nSPS) is 11.2. The standard InChI is InChI=1S/C14H10ClF3N2O3/c1-23-8-5-6-10(15)12(7-8)19-11-4-2-3-9(14(16,17)18)13(11)20(21)22/h2-7,19H,1H3. The van der Waals surface area contributed by atoms with Gasteiger partial charge in [-0.2, -0.15) is 13.2 Å². The predicted molar refractivity (Wildman–Crippen MR) is 79.4 cm³/mol. The molecule has 0 aliphatic carbocycles. The molecule has 0 aliphatic rings. The number of nitrogens with zero attached hydrogens (tertiary/aromatic N) is 1. The first-order valence-corrected chi connectivity index (χ1v) is 6.57. The Bertz CT molecular complexity index is 751. The number of halogens is 4. The fourth-order valence-corrected chi connectivity index (χ4v) is 2.11. The lowest BCUT2D eigenvalue weighted by Gasteiger charge is -2.13. The Morgan fingerprint density at radius 2 is 1.91 bits per heavy atom. The SMILES string of the molecule is COc1ccc(Cl)c(Nc2cccc(C(F)(F)F)c2[N+](=O)[O-])c1. The first-order valence-electron chi connectivity index (χ1n) is 6.19. The minimum Gasteiger partial charge on any atom is -0.497 e. The lowest BCUT2D eigenvalue weighted by molar-refractivity contribution is -0.387. The predicted octanol–water partition coefficient (Wildman–Crippen LogP) is 5.02. The van der Waals surface area contributed by atoms with E-state index in [1.54, 1.807) is 6.07 Å². The Hall–Kier alpha value is -2.48. The molecule has 1 N–H and O–H groups in total. The number of hydrogen-bond donors (Lipinski definition) is 1. The van der Waals surface area contributed by atoms with Crippen molar-refractivity contribution in [2.24, 2.45) is 0 Å². The fraction of sp³-hybridized carbons (Fsp3) is 0.143. The molecular formula is C14H10ClF3N2O3. The van der Waals surface area contributed by atoms with Crippen LogP contribution in [0, 0.1) is 10.1 Å². The molecule has 0 saturated heterocycles. The highest BCUT2D eigenvalue weighted by molar-refractivity contribution is 6.33. The molecule has 0 unspecified atom stereocenters. The van der Waals surface area contributed by atoms with E-state index in [1.165, 1.54) is 25.3 Å². The van der Waals surface area contributed by atoms with E-state index in [4.69, 9.17) is 16.3 Å². The summed E-state index contributed by atoms with van der Waals surface area (Å²) in [6.45, 7) is 0. The van der Waals surface area contributed by atoms with Crippen molar-refractivity contribution in [2.75, 3.05) is 12.4 Å². The lowest BCUT2D eigenvalue weighted by Crippen LogP contribution is -2.10. The molecule has 0 fully saturated rings. The van der Waals surface area contributed by atoms with Gasteiger partial charge in [-0.05, 0) is 24.3 Å². The summed E-state index contributed by atoms with van der Waals surface area (Å²) < 4.78 is 43.8. The zero-order chi connectivity index (χ0) is 17.2. The highest BCUT2D eigenvalue weighted by Gasteiger charge is 2.39. The van der Waals surface area contributed by atoms with Crippen LogP contribution in [0.5, 0.6) is 5.75 Å². The molecule has 2 aromatic rings. The summed E-state index contributed by atoms with van der Waals surface area (Å²) in [4.78, 5) is 10.0. The van der Waals surface area contributed by atoms with Crippen molar-refractivity contribution in [3.05, 3.63) is 57.1 Å². The van der Waals surface area contributed by atoms with Crippen molar-refractivity contribution in [3.63, 3.8) is 0 Å². The van der Waals surface area contributed by atoms with Gasteiger partial charge in [0.15, 0.2) is 0 Å². The Balaban J connectivity index is 2.55. The third-order valence-electron chi connectivity index (χ3n) is 2.97. The molecule has 2 aromatic carbocycles. The first-order chi connectivity index (χ1) is 10.7. The molecule has 0 bridgehead atoms. The number of nitro groups is 1. The molecule has 9 heteroatoms. The monoisotopic (exact) mass is 346 g/mol. The van der Waals surface area contributed by atoms with Gasteiger partial charge in [-0.1, -0.05) is 17.7 Å². The second kappa shape index (κ2) is 6.33. The van der Waals surface area contributed by atoms with E-state index in [0.717, 1.165) is 6.07 Å². The largest absolute Gasteiger partial charge is 0.497 e. The summed E-state index contributed by atoms with van der Waals surface area (Å²) in [6.07, 6.45) is -4.85. The summed E-state index contributed by atoms with van der Waals surface area (Å²) in [5.74, 6) is 0.395. The maximum Gasteiger partial charge on any atom is 0.423 e. The van der Waals surface area contributed by atoms with Crippen LogP contribution in [0.2, 0.25) is 5.02 Å². The maximum atomic E-state index is 12.9. The summed E-state index contributed by atoms with van der Waals surface area (Å²) >= 11 is 5.95. The van der Waals surface area contributed by atoms with Crippen LogP contribution in [-0.4, -0.2) is 12.0 Å². The van der Waals surface area contributed by atoms with Gasteiger partial charge < -0.3 is 10.1 Å². The Morgan fingerprint density at radius 1 is 1.22 bits per heavy atom. The molecule has 0 spiro atoms. The smallest absolute Gasteiger partial charge is 0.423 e. The lowest BCUT2D eigenvalue weighted by atomic mass is 10.1. The number of anilines is 2. The number of alkyl halides is 3. The highest BCUT2D eigenvalue weighted by atomic mass is 35.5. The van der Waals surface area contributed by atoms with Gasteiger partial charge >= 0.3 is 11.9 Å². The zero-order valence-electron chi connectivity index (χ0n) is 11.6. The van der Waals surface area contributed by atoms with Crippen LogP contribution in [0.25, 0.3) is 0 Å². The fourth-order valence-electron chi connectivity index (χ4n) is 1.94. The summed E-state index contributed by atoms with van der Waals surface area (Å²) in [7, 11) is 1.40. The van der Waals surface area contributed by atoms with E-state index in [9.17, 15) is 23.3 Å². The number of hydrogen-bond acceptors (Lipinski definition) is 4. The minimum absolute atomic E-state index is 0.178. The van der Waals surface area contributed by atoms with Crippen LogP contribution in [0.15, 0.2) is 36.4 Å². The molecule has 5 nitrogen and oxygen atoms in total.